The quantitative estimate of drug-likeness (QED) is 0.811. The van der Waals surface area contributed by atoms with Gasteiger partial charge in [-0.2, -0.15) is 13.2 Å². The number of H-pyrrole nitrogens is 1. The average molecular weight is 278 g/mol. The van der Waals surface area contributed by atoms with Crippen LogP contribution in [-0.2, 0) is 11.0 Å². The third-order valence-electron chi connectivity index (χ3n) is 1.91. The molecule has 0 aliphatic rings. The van der Waals surface area contributed by atoms with Crippen molar-refractivity contribution < 1.29 is 22.8 Å². The molecular weight excluding hydrogens is 265 g/mol. The van der Waals surface area contributed by atoms with Crippen LogP contribution in [0.1, 0.15) is 36.8 Å². The Morgan fingerprint density at radius 3 is 2.26 bits per heavy atom. The van der Waals surface area contributed by atoms with E-state index in [-0.39, 0.29) is 0 Å². The van der Waals surface area contributed by atoms with Crippen molar-refractivity contribution in [2.75, 3.05) is 0 Å². The molecule has 1 rings (SSSR count). The van der Waals surface area contributed by atoms with Gasteiger partial charge in [0.15, 0.2) is 0 Å². The van der Waals surface area contributed by atoms with Gasteiger partial charge in [0.05, 0.1) is 5.60 Å². The number of hydrogen-bond acceptors (Lipinski definition) is 3. The molecule has 0 saturated carbocycles. The molecule has 0 radical (unpaired) electrons. The molecular formula is C11H13F3N2O3. The molecule has 0 spiro atoms. The topological polar surface area (TPSA) is 71.2 Å². The monoisotopic (exact) mass is 278 g/mol. The Morgan fingerprint density at radius 2 is 1.84 bits per heavy atom. The summed E-state index contributed by atoms with van der Waals surface area (Å²) in [6.45, 7) is 4.97. The summed E-state index contributed by atoms with van der Waals surface area (Å²) < 4.78 is 36.9. The van der Waals surface area contributed by atoms with E-state index in [1.807, 2.05) is 5.48 Å². The first kappa shape index (κ1) is 15.2. The third kappa shape index (κ3) is 4.40. The zero-order valence-corrected chi connectivity index (χ0v) is 10.5. The minimum absolute atomic E-state index is 0.461. The van der Waals surface area contributed by atoms with Crippen LogP contribution in [0.15, 0.2) is 16.9 Å². The molecule has 0 aliphatic heterocycles. The lowest BCUT2D eigenvalue weighted by atomic mass is 10.2. The van der Waals surface area contributed by atoms with E-state index in [4.69, 9.17) is 4.84 Å². The van der Waals surface area contributed by atoms with E-state index in [1.54, 1.807) is 25.8 Å². The number of carbonyl (C=O) groups is 1. The van der Waals surface area contributed by atoms with E-state index in [0.29, 0.717) is 6.07 Å². The lowest BCUT2D eigenvalue weighted by Crippen LogP contribution is -2.36. The second kappa shape index (κ2) is 5.04. The number of carbonyl (C=O) groups excluding carboxylic acids is 1. The van der Waals surface area contributed by atoms with Crippen molar-refractivity contribution >= 4 is 5.91 Å². The Balaban J connectivity index is 2.92. The summed E-state index contributed by atoms with van der Waals surface area (Å²) in [4.78, 5) is 29.4. The summed E-state index contributed by atoms with van der Waals surface area (Å²) in [7, 11) is 0. The Hall–Kier alpha value is -1.83. The van der Waals surface area contributed by atoms with Crippen LogP contribution in [0.25, 0.3) is 0 Å². The summed E-state index contributed by atoms with van der Waals surface area (Å²) >= 11 is 0. The van der Waals surface area contributed by atoms with E-state index in [9.17, 15) is 22.8 Å². The maximum absolute atomic E-state index is 12.3. The minimum Gasteiger partial charge on any atom is -0.318 e. The molecule has 0 unspecified atom stereocenters. The number of pyridine rings is 1. The molecule has 0 aromatic carbocycles. The lowest BCUT2D eigenvalue weighted by molar-refractivity contribution is -0.141. The van der Waals surface area contributed by atoms with E-state index in [0.717, 1.165) is 6.07 Å². The number of aromatic amines is 1. The molecule has 0 fully saturated rings. The van der Waals surface area contributed by atoms with Crippen LogP contribution in [0.3, 0.4) is 0 Å². The predicted octanol–water partition coefficient (Wildman–Crippen LogP) is 1.85. The fourth-order valence-electron chi connectivity index (χ4n) is 1.07. The second-order valence-electron chi connectivity index (χ2n) is 4.76. The molecule has 8 heteroatoms. The normalized spacial score (nSPS) is 12.3. The van der Waals surface area contributed by atoms with Crippen LogP contribution < -0.4 is 11.0 Å². The Bertz CT molecular complexity index is 529. The average Bonchev–Trinajstić information content (AvgIpc) is 2.23. The number of nitrogens with one attached hydrogen (secondary N) is 2. The summed E-state index contributed by atoms with van der Waals surface area (Å²) in [5.74, 6) is -0.912. The van der Waals surface area contributed by atoms with Crippen molar-refractivity contribution in [3.8, 4) is 0 Å². The highest BCUT2D eigenvalue weighted by atomic mass is 19.4. The first-order valence-electron chi connectivity index (χ1n) is 5.29. The van der Waals surface area contributed by atoms with E-state index in [2.05, 4.69) is 0 Å². The first-order chi connectivity index (χ1) is 8.50. The number of hydroxylamine groups is 1. The van der Waals surface area contributed by atoms with Crippen molar-refractivity contribution in [3.05, 3.63) is 33.7 Å². The molecule has 1 aromatic heterocycles. The van der Waals surface area contributed by atoms with Crippen LogP contribution in [0.4, 0.5) is 13.2 Å². The zero-order valence-electron chi connectivity index (χ0n) is 10.5. The minimum atomic E-state index is -4.67. The standard InChI is InChI=1S/C11H13F3N2O3/c1-10(2,3)19-16-9(18)6-4-5-7(11(12,13)14)15-8(6)17/h4-5H,1-3H3,(H,15,17)(H,16,18). The number of alkyl halides is 3. The Kier molecular flexibility index (Phi) is 4.04. The molecule has 1 aromatic rings. The Morgan fingerprint density at radius 1 is 1.26 bits per heavy atom. The van der Waals surface area contributed by atoms with E-state index >= 15 is 0 Å². The van der Waals surface area contributed by atoms with E-state index in [1.165, 1.54) is 0 Å². The van der Waals surface area contributed by atoms with Crippen LogP contribution in [-0.4, -0.2) is 16.5 Å². The molecule has 5 nitrogen and oxygen atoms in total. The molecule has 19 heavy (non-hydrogen) atoms. The van der Waals surface area contributed by atoms with Crippen molar-refractivity contribution in [2.45, 2.75) is 32.5 Å². The Labute approximate surface area is 106 Å². The lowest BCUT2D eigenvalue weighted by Gasteiger charge is -2.18. The predicted molar refractivity (Wildman–Crippen MR) is 60.4 cm³/mol. The highest BCUT2D eigenvalue weighted by molar-refractivity contribution is 5.93. The second-order valence-corrected chi connectivity index (χ2v) is 4.76. The molecule has 0 bridgehead atoms. The van der Waals surface area contributed by atoms with Gasteiger partial charge in [-0.25, -0.2) is 5.48 Å². The van der Waals surface area contributed by atoms with Gasteiger partial charge in [-0.3, -0.25) is 14.4 Å². The van der Waals surface area contributed by atoms with Crippen molar-refractivity contribution in [3.63, 3.8) is 0 Å². The van der Waals surface area contributed by atoms with Crippen molar-refractivity contribution in [1.82, 2.24) is 10.5 Å². The fraction of sp³-hybridized carbons (Fsp3) is 0.455. The fourth-order valence-corrected chi connectivity index (χ4v) is 1.07. The van der Waals surface area contributed by atoms with Crippen molar-refractivity contribution in [1.29, 1.82) is 0 Å². The summed E-state index contributed by atoms with van der Waals surface area (Å²) in [6.07, 6.45) is -4.67. The van der Waals surface area contributed by atoms with Crippen LogP contribution in [0.2, 0.25) is 0 Å². The summed E-state index contributed by atoms with van der Waals surface area (Å²) in [5.41, 5.74) is -1.50. The number of amides is 1. The number of rotatable bonds is 2. The van der Waals surface area contributed by atoms with Gasteiger partial charge in [0.25, 0.3) is 11.5 Å². The zero-order chi connectivity index (χ0) is 14.8. The van der Waals surface area contributed by atoms with Gasteiger partial charge in [-0.1, -0.05) is 0 Å². The maximum atomic E-state index is 12.3. The molecule has 0 atom stereocenters. The number of halogens is 3. The van der Waals surface area contributed by atoms with Gasteiger partial charge >= 0.3 is 6.18 Å². The molecule has 1 heterocycles. The molecule has 2 N–H and O–H groups in total. The maximum Gasteiger partial charge on any atom is 0.431 e. The van der Waals surface area contributed by atoms with Crippen LogP contribution >= 0.6 is 0 Å². The van der Waals surface area contributed by atoms with Gasteiger partial charge in [-0.15, -0.1) is 0 Å². The van der Waals surface area contributed by atoms with Gasteiger partial charge in [0.1, 0.15) is 11.3 Å². The highest BCUT2D eigenvalue weighted by Crippen LogP contribution is 2.26. The summed E-state index contributed by atoms with van der Waals surface area (Å²) in [5, 5.41) is 0. The third-order valence-corrected chi connectivity index (χ3v) is 1.91. The SMILES string of the molecule is CC(C)(C)ONC(=O)c1ccc(C(F)(F)F)[nH]c1=O. The number of hydrogen-bond donors (Lipinski definition) is 2. The van der Waals surface area contributed by atoms with Crippen LogP contribution in [0.5, 0.6) is 0 Å². The largest absolute Gasteiger partial charge is 0.431 e. The molecule has 0 saturated heterocycles. The summed E-state index contributed by atoms with van der Waals surface area (Å²) in [6, 6.07) is 1.41. The molecule has 1 amide bonds. The van der Waals surface area contributed by atoms with Gasteiger partial charge < -0.3 is 4.98 Å². The molecule has 0 aliphatic carbocycles. The molecule has 106 valence electrons. The van der Waals surface area contributed by atoms with Gasteiger partial charge in [-0.05, 0) is 32.9 Å². The number of aromatic nitrogens is 1. The van der Waals surface area contributed by atoms with Gasteiger partial charge in [0.2, 0.25) is 0 Å². The highest BCUT2D eigenvalue weighted by Gasteiger charge is 2.32. The smallest absolute Gasteiger partial charge is 0.318 e. The van der Waals surface area contributed by atoms with E-state index < -0.39 is 34.5 Å². The van der Waals surface area contributed by atoms with Crippen LogP contribution in [0, 0.1) is 0 Å². The van der Waals surface area contributed by atoms with Gasteiger partial charge in [0, 0.05) is 0 Å². The van der Waals surface area contributed by atoms with Crippen molar-refractivity contribution in [2.24, 2.45) is 0 Å². The first-order valence-corrected chi connectivity index (χ1v) is 5.29.